The van der Waals surface area contributed by atoms with E-state index in [1.54, 1.807) is 0 Å². The molecule has 0 aliphatic carbocycles. The highest BCUT2D eigenvalue weighted by Crippen LogP contribution is 2.17. The van der Waals surface area contributed by atoms with E-state index in [0.717, 1.165) is 31.8 Å². The molecule has 0 amide bonds. The van der Waals surface area contributed by atoms with Gasteiger partial charge in [-0.25, -0.2) is 4.68 Å². The number of rotatable bonds is 5. The van der Waals surface area contributed by atoms with Crippen LogP contribution in [0.4, 0.5) is 0 Å². The quantitative estimate of drug-likeness (QED) is 0.867. The molecule has 1 saturated heterocycles. The fourth-order valence-electron chi connectivity index (χ4n) is 1.89. The summed E-state index contributed by atoms with van der Waals surface area (Å²) in [5.74, 6) is 1.83. The lowest BCUT2D eigenvalue weighted by Gasteiger charge is -2.26. The number of aromatic nitrogens is 5. The highest BCUT2D eigenvalue weighted by Gasteiger charge is 2.21. The lowest BCUT2D eigenvalue weighted by molar-refractivity contribution is 0.313. The molecule has 7 heteroatoms. The minimum absolute atomic E-state index is 0.393. The van der Waals surface area contributed by atoms with Crippen LogP contribution in [0.1, 0.15) is 32.1 Å². The normalized spacial score (nSPS) is 15.9. The summed E-state index contributed by atoms with van der Waals surface area (Å²) < 4.78 is 7.09. The summed E-state index contributed by atoms with van der Waals surface area (Å²) in [5.41, 5.74) is 0.648. The van der Waals surface area contributed by atoms with Crippen molar-refractivity contribution >= 4 is 0 Å². The third-order valence-corrected chi connectivity index (χ3v) is 3.28. The van der Waals surface area contributed by atoms with Gasteiger partial charge in [-0.3, -0.25) is 0 Å². The maximum atomic E-state index is 5.24. The highest BCUT2D eigenvalue weighted by molar-refractivity contribution is 5.43. The minimum Gasteiger partial charge on any atom is -0.332 e. The van der Waals surface area contributed by atoms with Crippen molar-refractivity contribution in [2.75, 3.05) is 13.1 Å². The molecule has 0 spiro atoms. The molecule has 0 aromatic carbocycles. The van der Waals surface area contributed by atoms with Crippen molar-refractivity contribution in [3.63, 3.8) is 0 Å². The monoisotopic (exact) mass is 262 g/mol. The molecule has 0 saturated carbocycles. The van der Waals surface area contributed by atoms with Gasteiger partial charge in [-0.1, -0.05) is 24.2 Å². The molecular weight excluding hydrogens is 244 g/mol. The Hall–Kier alpha value is -1.76. The zero-order valence-corrected chi connectivity index (χ0v) is 11.2. The molecule has 2 aromatic rings. The Kier molecular flexibility index (Phi) is 3.29. The Morgan fingerprint density at radius 3 is 3.00 bits per heavy atom. The average Bonchev–Trinajstić information content (AvgIpc) is 2.91. The van der Waals surface area contributed by atoms with Crippen molar-refractivity contribution in [1.29, 1.82) is 0 Å². The second kappa shape index (κ2) is 5.08. The molecule has 0 atom stereocenters. The topological polar surface area (TPSA) is 81.7 Å². The number of nitrogens with one attached hydrogen (secondary N) is 1. The molecule has 2 aromatic heterocycles. The molecule has 1 aliphatic rings. The fraction of sp³-hybridized carbons (Fsp3) is 0.667. The number of aryl methyl sites for hydroxylation is 1. The van der Waals surface area contributed by atoms with Crippen LogP contribution >= 0.6 is 0 Å². The molecule has 7 nitrogen and oxygen atoms in total. The van der Waals surface area contributed by atoms with Gasteiger partial charge in [0.25, 0.3) is 5.89 Å². The molecule has 0 bridgehead atoms. The van der Waals surface area contributed by atoms with Crippen molar-refractivity contribution in [3.05, 3.63) is 12.0 Å². The first-order valence-electron chi connectivity index (χ1n) is 6.68. The van der Waals surface area contributed by atoms with Crippen molar-refractivity contribution < 1.29 is 4.52 Å². The zero-order valence-electron chi connectivity index (χ0n) is 11.2. The zero-order chi connectivity index (χ0) is 13.2. The largest absolute Gasteiger partial charge is 0.332 e. The number of hydrogen-bond acceptors (Lipinski definition) is 6. The van der Waals surface area contributed by atoms with Crippen LogP contribution < -0.4 is 5.32 Å². The third kappa shape index (κ3) is 2.65. The summed E-state index contributed by atoms with van der Waals surface area (Å²) in [6, 6.07) is 0.393. The molecule has 1 N–H and O–H groups in total. The van der Waals surface area contributed by atoms with E-state index in [4.69, 9.17) is 4.52 Å². The van der Waals surface area contributed by atoms with Gasteiger partial charge in [-0.2, -0.15) is 4.98 Å². The van der Waals surface area contributed by atoms with E-state index in [-0.39, 0.29) is 0 Å². The first-order valence-corrected chi connectivity index (χ1v) is 6.68. The van der Waals surface area contributed by atoms with Crippen molar-refractivity contribution in [1.82, 2.24) is 30.5 Å². The summed E-state index contributed by atoms with van der Waals surface area (Å²) in [6.45, 7) is 6.23. The Labute approximate surface area is 111 Å². The van der Waals surface area contributed by atoms with Gasteiger partial charge >= 0.3 is 0 Å². The van der Waals surface area contributed by atoms with Crippen LogP contribution in [0.25, 0.3) is 11.6 Å². The first kappa shape index (κ1) is 12.3. The Morgan fingerprint density at radius 2 is 2.32 bits per heavy atom. The van der Waals surface area contributed by atoms with Crippen LogP contribution in [0.5, 0.6) is 0 Å². The molecule has 0 unspecified atom stereocenters. The van der Waals surface area contributed by atoms with Crippen molar-refractivity contribution in [2.24, 2.45) is 5.92 Å². The lowest BCUT2D eigenvalue weighted by Crippen LogP contribution is -2.43. The SMILES string of the molecule is CC(C)CCc1noc(-c2cn(C3CNC3)nn2)n1. The number of hydrogen-bond donors (Lipinski definition) is 1. The van der Waals surface area contributed by atoms with Gasteiger partial charge < -0.3 is 9.84 Å². The van der Waals surface area contributed by atoms with Gasteiger partial charge in [-0.05, 0) is 12.3 Å². The van der Waals surface area contributed by atoms with Crippen molar-refractivity contribution in [2.45, 2.75) is 32.7 Å². The van der Waals surface area contributed by atoms with Crippen LogP contribution in [-0.2, 0) is 6.42 Å². The first-order chi connectivity index (χ1) is 9.22. The predicted molar refractivity (Wildman–Crippen MR) is 68.4 cm³/mol. The van der Waals surface area contributed by atoms with E-state index < -0.39 is 0 Å². The van der Waals surface area contributed by atoms with E-state index in [9.17, 15) is 0 Å². The fourth-order valence-corrected chi connectivity index (χ4v) is 1.89. The van der Waals surface area contributed by atoms with E-state index in [2.05, 4.69) is 39.6 Å². The van der Waals surface area contributed by atoms with Crippen LogP contribution in [-0.4, -0.2) is 38.2 Å². The summed E-state index contributed by atoms with van der Waals surface area (Å²) in [4.78, 5) is 4.36. The minimum atomic E-state index is 0.393. The summed E-state index contributed by atoms with van der Waals surface area (Å²) in [6.07, 6.45) is 3.76. The van der Waals surface area contributed by atoms with E-state index in [1.807, 2.05) is 10.9 Å². The van der Waals surface area contributed by atoms with Crippen LogP contribution in [0.2, 0.25) is 0 Å². The van der Waals surface area contributed by atoms with Gasteiger partial charge in [0.05, 0.1) is 12.2 Å². The van der Waals surface area contributed by atoms with Gasteiger partial charge in [0, 0.05) is 19.5 Å². The summed E-state index contributed by atoms with van der Waals surface area (Å²) in [7, 11) is 0. The van der Waals surface area contributed by atoms with Crippen LogP contribution in [0.15, 0.2) is 10.7 Å². The van der Waals surface area contributed by atoms with Gasteiger partial charge in [0.2, 0.25) is 0 Å². The standard InChI is InChI=1S/C12H18N6O/c1-8(2)3-4-11-14-12(19-16-11)10-7-18(17-15-10)9-5-13-6-9/h7-9,13H,3-6H2,1-2H3. The van der Waals surface area contributed by atoms with Gasteiger partial charge in [0.15, 0.2) is 11.5 Å². The number of nitrogens with zero attached hydrogens (tertiary/aromatic N) is 5. The third-order valence-electron chi connectivity index (χ3n) is 3.28. The van der Waals surface area contributed by atoms with E-state index >= 15 is 0 Å². The molecule has 3 rings (SSSR count). The maximum Gasteiger partial charge on any atom is 0.280 e. The molecule has 3 heterocycles. The van der Waals surface area contributed by atoms with Crippen LogP contribution in [0, 0.1) is 5.92 Å². The summed E-state index contributed by atoms with van der Waals surface area (Å²) >= 11 is 0. The highest BCUT2D eigenvalue weighted by atomic mass is 16.5. The van der Waals surface area contributed by atoms with E-state index in [1.165, 1.54) is 0 Å². The lowest BCUT2D eigenvalue weighted by atomic mass is 10.1. The average molecular weight is 262 g/mol. The second-order valence-electron chi connectivity index (χ2n) is 5.34. The summed E-state index contributed by atoms with van der Waals surface area (Å²) in [5, 5.41) is 15.4. The Balaban J connectivity index is 1.69. The molecule has 1 aliphatic heterocycles. The van der Waals surface area contributed by atoms with Crippen molar-refractivity contribution in [3.8, 4) is 11.6 Å². The van der Waals surface area contributed by atoms with Gasteiger partial charge in [-0.15, -0.1) is 5.10 Å². The Morgan fingerprint density at radius 1 is 1.47 bits per heavy atom. The molecular formula is C12H18N6O. The Bertz CT molecular complexity index is 542. The van der Waals surface area contributed by atoms with E-state index in [0.29, 0.717) is 23.5 Å². The van der Waals surface area contributed by atoms with Gasteiger partial charge in [0.1, 0.15) is 0 Å². The predicted octanol–water partition coefficient (Wildman–Crippen LogP) is 1.06. The molecule has 19 heavy (non-hydrogen) atoms. The molecule has 102 valence electrons. The molecule has 0 radical (unpaired) electrons. The molecule has 1 fully saturated rings. The maximum absolute atomic E-state index is 5.24. The second-order valence-corrected chi connectivity index (χ2v) is 5.34. The van der Waals surface area contributed by atoms with Crippen LogP contribution in [0.3, 0.4) is 0 Å². The smallest absolute Gasteiger partial charge is 0.280 e.